The van der Waals surface area contributed by atoms with E-state index in [9.17, 15) is 22.8 Å². The number of hydrogen-bond donors (Lipinski definition) is 3. The minimum atomic E-state index is -3.89. The molecule has 0 saturated carbocycles. The zero-order valence-electron chi connectivity index (χ0n) is 16.2. The van der Waals surface area contributed by atoms with Crippen LogP contribution in [0.25, 0.3) is 0 Å². The maximum absolute atomic E-state index is 12.6. The second-order valence-corrected chi connectivity index (χ2v) is 8.22. The lowest BCUT2D eigenvalue weighted by atomic mass is 10.2. The van der Waals surface area contributed by atoms with Crippen LogP contribution in [0, 0.1) is 0 Å². The van der Waals surface area contributed by atoms with E-state index in [1.54, 1.807) is 24.3 Å². The summed E-state index contributed by atoms with van der Waals surface area (Å²) in [4.78, 5) is 34.8. The van der Waals surface area contributed by atoms with Gasteiger partial charge in [0.05, 0.1) is 11.4 Å². The first kappa shape index (κ1) is 22.1. The van der Waals surface area contributed by atoms with Crippen LogP contribution in [-0.2, 0) is 19.6 Å². The van der Waals surface area contributed by atoms with E-state index >= 15 is 0 Å². The van der Waals surface area contributed by atoms with E-state index in [1.807, 2.05) is 0 Å². The zero-order chi connectivity index (χ0) is 21.6. The number of carbonyl (C=O) groups is 3. The summed E-state index contributed by atoms with van der Waals surface area (Å²) in [5.74, 6) is -1.05. The van der Waals surface area contributed by atoms with E-state index in [0.29, 0.717) is 16.9 Å². The summed E-state index contributed by atoms with van der Waals surface area (Å²) in [6, 6.07) is 11.8. The standard InChI is InChI=1S/C19H22N4O5S/c1-13(24)21-15-8-10-17(11-9-15)29(27,28)23(3)12-18(25)22-16-6-4-14(5-7-16)19(26)20-2/h4-11H,12H2,1-3H3,(H,20,26)(H,21,24)(H,22,25). The fourth-order valence-corrected chi connectivity index (χ4v) is 3.56. The third kappa shape index (κ3) is 5.87. The highest BCUT2D eigenvalue weighted by molar-refractivity contribution is 7.89. The van der Waals surface area contributed by atoms with Crippen LogP contribution in [0.15, 0.2) is 53.4 Å². The molecule has 9 nitrogen and oxygen atoms in total. The molecule has 0 unspecified atom stereocenters. The lowest BCUT2D eigenvalue weighted by Crippen LogP contribution is -2.35. The molecular weight excluding hydrogens is 396 g/mol. The fourth-order valence-electron chi connectivity index (χ4n) is 2.43. The van der Waals surface area contributed by atoms with Gasteiger partial charge in [-0.3, -0.25) is 14.4 Å². The molecule has 0 atom stereocenters. The van der Waals surface area contributed by atoms with Gasteiger partial charge >= 0.3 is 0 Å². The minimum absolute atomic E-state index is 0.00293. The van der Waals surface area contributed by atoms with E-state index in [1.165, 1.54) is 45.3 Å². The summed E-state index contributed by atoms with van der Waals surface area (Å²) in [6.45, 7) is 0.954. The number of nitrogens with zero attached hydrogens (tertiary/aromatic N) is 1. The maximum atomic E-state index is 12.6. The Bertz CT molecular complexity index is 1000. The SMILES string of the molecule is CNC(=O)c1ccc(NC(=O)CN(C)S(=O)(=O)c2ccc(NC(C)=O)cc2)cc1. The van der Waals surface area contributed by atoms with Crippen LogP contribution in [0.1, 0.15) is 17.3 Å². The first-order valence-corrected chi connectivity index (χ1v) is 10.0. The Hall–Kier alpha value is -3.24. The third-order valence-corrected chi connectivity index (χ3v) is 5.72. The molecular formula is C19H22N4O5S. The minimum Gasteiger partial charge on any atom is -0.355 e. The lowest BCUT2D eigenvalue weighted by molar-refractivity contribution is -0.116. The van der Waals surface area contributed by atoms with Gasteiger partial charge in [0.1, 0.15) is 0 Å². The van der Waals surface area contributed by atoms with Gasteiger partial charge in [0.2, 0.25) is 21.8 Å². The van der Waals surface area contributed by atoms with Crippen LogP contribution in [0.3, 0.4) is 0 Å². The molecule has 0 heterocycles. The Labute approximate surface area is 169 Å². The van der Waals surface area contributed by atoms with Crippen molar-refractivity contribution in [1.29, 1.82) is 0 Å². The van der Waals surface area contributed by atoms with Crippen molar-refractivity contribution in [3.8, 4) is 0 Å². The summed E-state index contributed by atoms with van der Waals surface area (Å²) < 4.78 is 26.2. The molecule has 0 fully saturated rings. The lowest BCUT2D eigenvalue weighted by Gasteiger charge is -2.17. The van der Waals surface area contributed by atoms with Crippen LogP contribution in [0.4, 0.5) is 11.4 Å². The van der Waals surface area contributed by atoms with Crippen molar-refractivity contribution in [2.75, 3.05) is 31.3 Å². The van der Waals surface area contributed by atoms with Crippen molar-refractivity contribution in [2.24, 2.45) is 0 Å². The van der Waals surface area contributed by atoms with Crippen LogP contribution in [0.2, 0.25) is 0 Å². The molecule has 2 rings (SSSR count). The molecule has 3 N–H and O–H groups in total. The fraction of sp³-hybridized carbons (Fsp3) is 0.211. The summed E-state index contributed by atoms with van der Waals surface area (Å²) >= 11 is 0. The predicted molar refractivity (Wildman–Crippen MR) is 109 cm³/mol. The van der Waals surface area contributed by atoms with Crippen molar-refractivity contribution in [2.45, 2.75) is 11.8 Å². The van der Waals surface area contributed by atoms with E-state index in [4.69, 9.17) is 0 Å². The van der Waals surface area contributed by atoms with Gasteiger partial charge in [-0.1, -0.05) is 0 Å². The Morgan fingerprint density at radius 1 is 0.897 bits per heavy atom. The molecule has 0 radical (unpaired) electrons. The molecule has 0 saturated heterocycles. The number of sulfonamides is 1. The van der Waals surface area contributed by atoms with Gasteiger partial charge in [-0.25, -0.2) is 8.42 Å². The van der Waals surface area contributed by atoms with Gasteiger partial charge in [-0.2, -0.15) is 4.31 Å². The van der Waals surface area contributed by atoms with Gasteiger partial charge in [0, 0.05) is 38.0 Å². The number of rotatable bonds is 7. The van der Waals surface area contributed by atoms with Crippen molar-refractivity contribution >= 4 is 39.1 Å². The molecule has 0 aliphatic heterocycles. The number of likely N-dealkylation sites (N-methyl/N-ethyl adjacent to an activating group) is 1. The van der Waals surface area contributed by atoms with Crippen LogP contribution < -0.4 is 16.0 Å². The molecule has 29 heavy (non-hydrogen) atoms. The molecule has 3 amide bonds. The first-order valence-electron chi connectivity index (χ1n) is 8.59. The van der Waals surface area contributed by atoms with E-state index in [0.717, 1.165) is 4.31 Å². The van der Waals surface area contributed by atoms with Crippen molar-refractivity contribution in [1.82, 2.24) is 9.62 Å². The predicted octanol–water partition coefficient (Wildman–Crippen LogP) is 1.26. The summed E-state index contributed by atoms with van der Waals surface area (Å²) in [7, 11) is -1.07. The van der Waals surface area contributed by atoms with Gasteiger partial charge in [-0.05, 0) is 48.5 Å². The summed E-state index contributed by atoms with van der Waals surface area (Å²) in [6.07, 6.45) is 0. The maximum Gasteiger partial charge on any atom is 0.251 e. The van der Waals surface area contributed by atoms with Crippen LogP contribution >= 0.6 is 0 Å². The first-order chi connectivity index (χ1) is 13.6. The summed E-state index contributed by atoms with van der Waals surface area (Å²) in [5, 5.41) is 7.63. The van der Waals surface area contributed by atoms with E-state index < -0.39 is 22.5 Å². The topological polar surface area (TPSA) is 125 Å². The Kier molecular flexibility index (Phi) is 7.08. The van der Waals surface area contributed by atoms with Gasteiger partial charge in [0.15, 0.2) is 0 Å². The average Bonchev–Trinajstić information content (AvgIpc) is 2.67. The highest BCUT2D eigenvalue weighted by Gasteiger charge is 2.23. The van der Waals surface area contributed by atoms with Crippen LogP contribution in [-0.4, -0.2) is 51.1 Å². The Morgan fingerprint density at radius 2 is 1.41 bits per heavy atom. The molecule has 0 aliphatic rings. The molecule has 0 aliphatic carbocycles. The highest BCUT2D eigenvalue weighted by atomic mass is 32.2. The van der Waals surface area contributed by atoms with Crippen LogP contribution in [0.5, 0.6) is 0 Å². The second-order valence-electron chi connectivity index (χ2n) is 6.17. The average molecular weight is 418 g/mol. The monoisotopic (exact) mass is 418 g/mol. The molecule has 0 aromatic heterocycles. The number of anilines is 2. The third-order valence-electron chi connectivity index (χ3n) is 3.91. The smallest absolute Gasteiger partial charge is 0.251 e. The second kappa shape index (κ2) is 9.30. The number of amides is 3. The van der Waals surface area contributed by atoms with Gasteiger partial charge < -0.3 is 16.0 Å². The van der Waals surface area contributed by atoms with Gasteiger partial charge in [-0.15, -0.1) is 0 Å². The van der Waals surface area contributed by atoms with Crippen molar-refractivity contribution in [3.05, 3.63) is 54.1 Å². The zero-order valence-corrected chi connectivity index (χ0v) is 17.0. The highest BCUT2D eigenvalue weighted by Crippen LogP contribution is 2.18. The molecule has 0 spiro atoms. The summed E-state index contributed by atoms with van der Waals surface area (Å²) in [5.41, 5.74) is 1.35. The van der Waals surface area contributed by atoms with Crippen molar-refractivity contribution in [3.63, 3.8) is 0 Å². The number of benzene rings is 2. The van der Waals surface area contributed by atoms with Gasteiger partial charge in [0.25, 0.3) is 5.91 Å². The molecule has 154 valence electrons. The number of carbonyl (C=O) groups excluding carboxylic acids is 3. The van der Waals surface area contributed by atoms with Crippen molar-refractivity contribution < 1.29 is 22.8 Å². The van der Waals surface area contributed by atoms with E-state index in [-0.39, 0.29) is 16.7 Å². The van der Waals surface area contributed by atoms with E-state index in [2.05, 4.69) is 16.0 Å². The number of nitrogens with one attached hydrogen (secondary N) is 3. The molecule has 0 bridgehead atoms. The Morgan fingerprint density at radius 3 is 1.93 bits per heavy atom. The Balaban J connectivity index is 2.02. The largest absolute Gasteiger partial charge is 0.355 e. The molecule has 10 heteroatoms. The molecule has 2 aromatic carbocycles. The normalized spacial score (nSPS) is 11.0. The quantitative estimate of drug-likeness (QED) is 0.624. The molecule has 2 aromatic rings. The number of hydrogen-bond acceptors (Lipinski definition) is 5.